The topological polar surface area (TPSA) is 192 Å². The van der Waals surface area contributed by atoms with Gasteiger partial charge < -0.3 is 35.1 Å². The summed E-state index contributed by atoms with van der Waals surface area (Å²) in [5.74, 6) is 0.205. The molecule has 1 fully saturated rings. The third kappa shape index (κ3) is 14.8. The van der Waals surface area contributed by atoms with E-state index in [0.717, 1.165) is 18.4 Å². The van der Waals surface area contributed by atoms with Crippen molar-refractivity contribution in [3.63, 3.8) is 0 Å². The fourth-order valence-electron chi connectivity index (χ4n) is 7.22. The number of nitrogens with zero attached hydrogens (tertiary/aromatic N) is 4. The van der Waals surface area contributed by atoms with Gasteiger partial charge in [-0.15, -0.1) is 0 Å². The zero-order valence-electron chi connectivity index (χ0n) is 34.4. The van der Waals surface area contributed by atoms with Crippen LogP contribution in [0.5, 0.6) is 0 Å². The molecule has 0 spiro atoms. The van der Waals surface area contributed by atoms with Gasteiger partial charge in [0.25, 0.3) is 0 Å². The number of aliphatic hydroxyl groups is 2. The standard InChI is InChI=1S/C42H68N5O9P/c1-4-5-6-7-8-9-10-11-12-13-14-15-16-17-18-22-27-52-31-41(2,53-28-34-23-20-19-21-24-34)32-55-57(50,51)54-29-36-38(48)39(49)42(56-36,30-44-3)37-26-25-35-40(43)45-33-46-47(35)37/h19-21,23-26,30,33,36,38-39,48-49H,4-18,22,27-29,31-32H2,1-3H3,(H,50,51)(H2,43,45,46)/t36-,38-,39-,41-,42+/m1/s1. The lowest BCUT2D eigenvalue weighted by Crippen LogP contribution is -2.43. The van der Waals surface area contributed by atoms with Crippen LogP contribution in [0.25, 0.3) is 5.52 Å². The van der Waals surface area contributed by atoms with Crippen molar-refractivity contribution in [2.45, 2.75) is 153 Å². The Morgan fingerprint density at radius 2 is 1.53 bits per heavy atom. The number of benzene rings is 1. The average Bonchev–Trinajstić information content (AvgIpc) is 3.75. The number of phosphoric acid groups is 1. The van der Waals surface area contributed by atoms with Crippen molar-refractivity contribution in [3.05, 3.63) is 60.0 Å². The molecule has 6 atom stereocenters. The number of aliphatic hydroxyl groups excluding tert-OH is 2. The monoisotopic (exact) mass is 817 g/mol. The second-order valence-electron chi connectivity index (χ2n) is 15.6. The Kier molecular flexibility index (Phi) is 20.0. The van der Waals surface area contributed by atoms with Crippen LogP contribution in [-0.2, 0) is 40.0 Å². The van der Waals surface area contributed by atoms with Crippen LogP contribution in [0.2, 0.25) is 0 Å². The summed E-state index contributed by atoms with van der Waals surface area (Å²) < 4.78 is 43.8. The highest BCUT2D eigenvalue weighted by Gasteiger charge is 2.56. The molecule has 15 heteroatoms. The minimum absolute atomic E-state index is 0.132. The molecule has 3 aromatic rings. The van der Waals surface area contributed by atoms with E-state index in [1.165, 1.54) is 114 Å². The van der Waals surface area contributed by atoms with Crippen LogP contribution in [0.1, 0.15) is 128 Å². The van der Waals surface area contributed by atoms with Gasteiger partial charge in [-0.1, -0.05) is 134 Å². The number of anilines is 1. The third-order valence-electron chi connectivity index (χ3n) is 10.6. The maximum absolute atomic E-state index is 13.2. The van der Waals surface area contributed by atoms with Crippen LogP contribution in [0.3, 0.4) is 0 Å². The predicted molar refractivity (Wildman–Crippen MR) is 222 cm³/mol. The van der Waals surface area contributed by atoms with E-state index in [1.807, 2.05) is 30.3 Å². The van der Waals surface area contributed by atoms with E-state index in [1.54, 1.807) is 19.1 Å². The minimum Gasteiger partial charge on any atom is -0.387 e. The van der Waals surface area contributed by atoms with E-state index in [9.17, 15) is 19.7 Å². The summed E-state index contributed by atoms with van der Waals surface area (Å²) in [5, 5.41) is 26.5. The van der Waals surface area contributed by atoms with Crippen LogP contribution < -0.4 is 5.73 Å². The van der Waals surface area contributed by atoms with Gasteiger partial charge in [0.1, 0.15) is 35.8 Å². The molecule has 14 nitrogen and oxygen atoms in total. The Morgan fingerprint density at radius 1 is 0.912 bits per heavy atom. The number of rotatable bonds is 30. The molecule has 0 saturated carbocycles. The molecule has 0 bridgehead atoms. The van der Waals surface area contributed by atoms with E-state index in [0.29, 0.717) is 17.8 Å². The molecule has 1 aliphatic rings. The molecule has 1 saturated heterocycles. The van der Waals surface area contributed by atoms with Crippen LogP contribution >= 0.6 is 7.82 Å². The number of aromatic nitrogens is 3. The van der Waals surface area contributed by atoms with Crippen molar-refractivity contribution in [1.82, 2.24) is 14.6 Å². The Balaban J connectivity index is 1.20. The summed E-state index contributed by atoms with van der Waals surface area (Å²) in [5.41, 5.74) is 4.95. The molecule has 2 aromatic heterocycles. The zero-order chi connectivity index (χ0) is 41.0. The Bertz CT molecular complexity index is 1650. The fourth-order valence-corrected chi connectivity index (χ4v) is 8.07. The molecule has 3 heterocycles. The first-order valence-corrected chi connectivity index (χ1v) is 22.5. The summed E-state index contributed by atoms with van der Waals surface area (Å²) in [4.78, 5) is 18.8. The molecule has 320 valence electrons. The first-order valence-electron chi connectivity index (χ1n) is 21.0. The summed E-state index contributed by atoms with van der Waals surface area (Å²) in [6.45, 7) is 4.05. The first kappa shape index (κ1) is 46.9. The minimum atomic E-state index is -4.71. The number of unbranched alkanes of at least 4 members (excludes halogenated alkanes) is 15. The summed E-state index contributed by atoms with van der Waals surface area (Å²) in [6.07, 6.45) is 19.0. The van der Waals surface area contributed by atoms with Crippen molar-refractivity contribution in [2.24, 2.45) is 4.99 Å². The van der Waals surface area contributed by atoms with Crippen molar-refractivity contribution < 1.29 is 42.9 Å². The van der Waals surface area contributed by atoms with Gasteiger partial charge in [0.15, 0.2) is 11.4 Å². The molecule has 0 amide bonds. The lowest BCUT2D eigenvalue weighted by Gasteiger charge is -2.30. The first-order chi connectivity index (χ1) is 27.5. The van der Waals surface area contributed by atoms with Gasteiger partial charge in [-0.2, -0.15) is 5.10 Å². The maximum Gasteiger partial charge on any atom is 0.472 e. The SMILES string of the molecule is CCCCCCCCCCCCCCCCCCOC[C@](C)(COP(=O)(O)OC[C@H]1O[C@@](C=NC)(c2ccc3c(N)ncnn23)[C@H](O)[C@@H]1O)OCc1ccccc1. The summed E-state index contributed by atoms with van der Waals surface area (Å²) in [6, 6.07) is 12.9. The Labute approximate surface area is 339 Å². The molecule has 1 aromatic carbocycles. The lowest BCUT2D eigenvalue weighted by atomic mass is 9.92. The zero-order valence-corrected chi connectivity index (χ0v) is 35.3. The largest absolute Gasteiger partial charge is 0.472 e. The molecule has 0 aliphatic carbocycles. The molecule has 4 rings (SSSR count). The molecule has 0 radical (unpaired) electrons. The molecule has 57 heavy (non-hydrogen) atoms. The molecular weight excluding hydrogens is 749 g/mol. The van der Waals surface area contributed by atoms with Gasteiger partial charge in [-0.05, 0) is 31.0 Å². The normalized spacial score (nSPS) is 22.0. The highest BCUT2D eigenvalue weighted by Crippen LogP contribution is 2.46. The van der Waals surface area contributed by atoms with Gasteiger partial charge in [-0.3, -0.25) is 14.0 Å². The second kappa shape index (κ2) is 24.3. The van der Waals surface area contributed by atoms with Crippen molar-refractivity contribution in [1.29, 1.82) is 0 Å². The second-order valence-corrected chi connectivity index (χ2v) is 17.0. The van der Waals surface area contributed by atoms with Gasteiger partial charge in [0, 0.05) is 19.9 Å². The van der Waals surface area contributed by atoms with Crippen LogP contribution in [0.15, 0.2) is 53.8 Å². The molecular formula is C42H68N5O9P. The van der Waals surface area contributed by atoms with Crippen molar-refractivity contribution in [2.75, 3.05) is 39.2 Å². The number of hydrogen-bond donors (Lipinski definition) is 4. The fraction of sp³-hybridized carbons (Fsp3) is 0.690. The highest BCUT2D eigenvalue weighted by molar-refractivity contribution is 7.47. The average molecular weight is 818 g/mol. The summed E-state index contributed by atoms with van der Waals surface area (Å²) in [7, 11) is -3.22. The third-order valence-corrected chi connectivity index (χ3v) is 11.5. The number of nitrogen functional groups attached to an aromatic ring is 1. The lowest BCUT2D eigenvalue weighted by molar-refractivity contribution is -0.120. The summed E-state index contributed by atoms with van der Waals surface area (Å²) >= 11 is 0. The van der Waals surface area contributed by atoms with Crippen molar-refractivity contribution in [3.8, 4) is 0 Å². The van der Waals surface area contributed by atoms with Gasteiger partial charge in [0.05, 0.1) is 32.1 Å². The number of hydrogen-bond acceptors (Lipinski definition) is 12. The molecule has 1 unspecified atom stereocenters. The quantitative estimate of drug-likeness (QED) is 0.0291. The van der Waals surface area contributed by atoms with E-state index in [4.69, 9.17) is 29.0 Å². The van der Waals surface area contributed by atoms with Crippen LogP contribution in [0, 0.1) is 0 Å². The highest BCUT2D eigenvalue weighted by atomic mass is 31.2. The number of ether oxygens (including phenoxy) is 3. The Morgan fingerprint density at radius 3 is 2.14 bits per heavy atom. The smallest absolute Gasteiger partial charge is 0.387 e. The maximum atomic E-state index is 13.2. The number of fused-ring (bicyclic) bond motifs is 1. The molecule has 5 N–H and O–H groups in total. The predicted octanol–water partition coefficient (Wildman–Crippen LogP) is 7.72. The number of nitrogens with two attached hydrogens (primary N) is 1. The van der Waals surface area contributed by atoms with Crippen LogP contribution in [-0.4, -0.2) is 93.3 Å². The van der Waals surface area contributed by atoms with E-state index in [-0.39, 0.29) is 25.6 Å². The van der Waals surface area contributed by atoms with Crippen molar-refractivity contribution >= 4 is 25.4 Å². The van der Waals surface area contributed by atoms with Gasteiger partial charge >= 0.3 is 7.82 Å². The van der Waals surface area contributed by atoms with Gasteiger partial charge in [0.2, 0.25) is 0 Å². The van der Waals surface area contributed by atoms with E-state index < -0.39 is 43.9 Å². The number of aliphatic imine (C=N–C) groups is 1. The number of phosphoric ester groups is 1. The molecule has 1 aliphatic heterocycles. The Hall–Kier alpha value is -2.78. The van der Waals surface area contributed by atoms with E-state index in [2.05, 4.69) is 22.0 Å². The van der Waals surface area contributed by atoms with E-state index >= 15 is 0 Å². The van der Waals surface area contributed by atoms with Crippen LogP contribution in [0.4, 0.5) is 5.82 Å². The van der Waals surface area contributed by atoms with Gasteiger partial charge in [-0.25, -0.2) is 14.1 Å².